The van der Waals surface area contributed by atoms with Crippen molar-refractivity contribution in [3.63, 3.8) is 0 Å². The molecule has 0 atom stereocenters. The summed E-state index contributed by atoms with van der Waals surface area (Å²) >= 11 is 0. The SMILES string of the molecule is COc1ccccc1NC(=O)/C(C#N)=C/c1ccc(C)c([N+](=O)[O-])c1. The molecule has 0 saturated heterocycles. The van der Waals surface area contributed by atoms with Crippen molar-refractivity contribution in [2.75, 3.05) is 12.4 Å². The molecule has 0 heterocycles. The van der Waals surface area contributed by atoms with Gasteiger partial charge in [-0.25, -0.2) is 0 Å². The summed E-state index contributed by atoms with van der Waals surface area (Å²) in [4.78, 5) is 22.8. The number of benzene rings is 2. The maximum absolute atomic E-state index is 12.3. The molecule has 126 valence electrons. The Morgan fingerprint density at radius 2 is 2.04 bits per heavy atom. The van der Waals surface area contributed by atoms with Crippen LogP contribution in [0.2, 0.25) is 0 Å². The molecule has 0 fully saturated rings. The lowest BCUT2D eigenvalue weighted by molar-refractivity contribution is -0.385. The minimum absolute atomic E-state index is 0.0730. The normalized spacial score (nSPS) is 10.7. The van der Waals surface area contributed by atoms with E-state index in [0.29, 0.717) is 22.6 Å². The first kappa shape index (κ1) is 17.7. The van der Waals surface area contributed by atoms with Crippen molar-refractivity contribution in [3.8, 4) is 11.8 Å². The topological polar surface area (TPSA) is 105 Å². The Balaban J connectivity index is 2.31. The molecule has 0 spiro atoms. The predicted octanol–water partition coefficient (Wildman–Crippen LogP) is 3.46. The smallest absolute Gasteiger partial charge is 0.272 e. The molecule has 2 aromatic carbocycles. The van der Waals surface area contributed by atoms with Gasteiger partial charge in [-0.2, -0.15) is 5.26 Å². The summed E-state index contributed by atoms with van der Waals surface area (Å²) in [6.45, 7) is 1.62. The fourth-order valence-electron chi connectivity index (χ4n) is 2.17. The van der Waals surface area contributed by atoms with Gasteiger partial charge >= 0.3 is 0 Å². The third kappa shape index (κ3) is 4.20. The lowest BCUT2D eigenvalue weighted by atomic mass is 10.1. The molecule has 2 rings (SSSR count). The van der Waals surface area contributed by atoms with Gasteiger partial charge in [0.1, 0.15) is 17.4 Å². The Labute approximate surface area is 144 Å². The molecule has 7 heteroatoms. The third-order valence-electron chi connectivity index (χ3n) is 3.46. The molecular weight excluding hydrogens is 322 g/mol. The van der Waals surface area contributed by atoms with E-state index >= 15 is 0 Å². The fourth-order valence-corrected chi connectivity index (χ4v) is 2.17. The van der Waals surface area contributed by atoms with Gasteiger partial charge < -0.3 is 10.1 Å². The Hall–Kier alpha value is -3.66. The van der Waals surface area contributed by atoms with E-state index < -0.39 is 10.8 Å². The van der Waals surface area contributed by atoms with E-state index in [1.807, 2.05) is 6.07 Å². The molecular formula is C18H15N3O4. The average Bonchev–Trinajstić information content (AvgIpc) is 2.61. The van der Waals surface area contributed by atoms with Crippen LogP contribution in [0.4, 0.5) is 11.4 Å². The van der Waals surface area contributed by atoms with E-state index in [4.69, 9.17) is 4.74 Å². The Kier molecular flexibility index (Phi) is 5.48. The molecule has 0 aliphatic rings. The second kappa shape index (κ2) is 7.75. The van der Waals surface area contributed by atoms with Crippen molar-refractivity contribution < 1.29 is 14.5 Å². The van der Waals surface area contributed by atoms with Gasteiger partial charge in [-0.1, -0.05) is 24.3 Å². The van der Waals surface area contributed by atoms with Crippen LogP contribution in [-0.2, 0) is 4.79 Å². The highest BCUT2D eigenvalue weighted by Gasteiger charge is 2.14. The van der Waals surface area contributed by atoms with Crippen LogP contribution in [-0.4, -0.2) is 17.9 Å². The zero-order valence-corrected chi connectivity index (χ0v) is 13.6. The van der Waals surface area contributed by atoms with Gasteiger partial charge in [0.15, 0.2) is 0 Å². The van der Waals surface area contributed by atoms with E-state index in [9.17, 15) is 20.2 Å². The largest absolute Gasteiger partial charge is 0.495 e. The van der Waals surface area contributed by atoms with Crippen LogP contribution >= 0.6 is 0 Å². The monoisotopic (exact) mass is 337 g/mol. The van der Waals surface area contributed by atoms with Crippen LogP contribution in [0, 0.1) is 28.4 Å². The maximum Gasteiger partial charge on any atom is 0.272 e. The summed E-state index contributed by atoms with van der Waals surface area (Å²) in [6, 6.07) is 13.1. The first-order valence-electron chi connectivity index (χ1n) is 7.27. The van der Waals surface area contributed by atoms with Crippen LogP contribution in [0.1, 0.15) is 11.1 Å². The number of nitro groups is 1. The summed E-state index contributed by atoms with van der Waals surface area (Å²) in [6.07, 6.45) is 1.30. The van der Waals surface area contributed by atoms with Gasteiger partial charge in [-0.15, -0.1) is 0 Å². The first-order valence-corrected chi connectivity index (χ1v) is 7.27. The quantitative estimate of drug-likeness (QED) is 0.389. The molecule has 0 aromatic heterocycles. The third-order valence-corrected chi connectivity index (χ3v) is 3.46. The fraction of sp³-hybridized carbons (Fsp3) is 0.111. The van der Waals surface area contributed by atoms with Crippen LogP contribution in [0.3, 0.4) is 0 Å². The van der Waals surface area contributed by atoms with E-state index in [0.717, 1.165) is 0 Å². The van der Waals surface area contributed by atoms with Gasteiger partial charge in [-0.05, 0) is 30.7 Å². The summed E-state index contributed by atoms with van der Waals surface area (Å²) in [5.74, 6) is -0.172. The van der Waals surface area contributed by atoms with Crippen molar-refractivity contribution in [2.24, 2.45) is 0 Å². The average molecular weight is 337 g/mol. The number of ether oxygens (including phenoxy) is 1. The molecule has 0 radical (unpaired) electrons. The van der Waals surface area contributed by atoms with Gasteiger partial charge in [0.25, 0.3) is 11.6 Å². The number of para-hydroxylation sites is 2. The van der Waals surface area contributed by atoms with Crippen molar-refractivity contribution in [2.45, 2.75) is 6.92 Å². The molecule has 25 heavy (non-hydrogen) atoms. The van der Waals surface area contributed by atoms with Crippen molar-refractivity contribution in [3.05, 3.63) is 69.3 Å². The number of nitrogens with zero attached hydrogens (tertiary/aromatic N) is 2. The van der Waals surface area contributed by atoms with Crippen LogP contribution in [0.25, 0.3) is 6.08 Å². The number of carbonyl (C=O) groups excluding carboxylic acids is 1. The van der Waals surface area contributed by atoms with E-state index in [1.54, 1.807) is 43.3 Å². The van der Waals surface area contributed by atoms with Crippen LogP contribution < -0.4 is 10.1 Å². The molecule has 0 saturated carbocycles. The van der Waals surface area contributed by atoms with E-state index in [1.165, 1.54) is 19.3 Å². The lowest BCUT2D eigenvalue weighted by Gasteiger charge is -2.09. The summed E-state index contributed by atoms with van der Waals surface area (Å²) in [5.41, 5.74) is 1.06. The minimum Gasteiger partial charge on any atom is -0.495 e. The Morgan fingerprint density at radius 3 is 2.68 bits per heavy atom. The van der Waals surface area contributed by atoms with E-state index in [2.05, 4.69) is 5.32 Å². The highest BCUT2D eigenvalue weighted by Crippen LogP contribution is 2.24. The standard InChI is InChI=1S/C18H15N3O4/c1-12-7-8-13(10-16(12)21(23)24)9-14(11-19)18(22)20-15-5-3-4-6-17(15)25-2/h3-10H,1-2H3,(H,20,22)/b14-9+. The molecule has 0 unspecified atom stereocenters. The molecule has 0 aliphatic heterocycles. The number of nitro benzene ring substituents is 1. The number of rotatable bonds is 5. The highest BCUT2D eigenvalue weighted by molar-refractivity contribution is 6.10. The summed E-state index contributed by atoms with van der Waals surface area (Å²) < 4.78 is 5.14. The predicted molar refractivity (Wildman–Crippen MR) is 93.0 cm³/mol. The minimum atomic E-state index is -0.629. The van der Waals surface area contributed by atoms with Gasteiger partial charge in [-0.3, -0.25) is 14.9 Å². The Morgan fingerprint density at radius 1 is 1.32 bits per heavy atom. The number of aryl methyl sites for hydroxylation is 1. The first-order chi connectivity index (χ1) is 12.0. The zero-order valence-electron chi connectivity index (χ0n) is 13.6. The highest BCUT2D eigenvalue weighted by atomic mass is 16.6. The molecule has 1 amide bonds. The Bertz CT molecular complexity index is 897. The summed E-state index contributed by atoms with van der Waals surface area (Å²) in [5, 5.41) is 22.8. The molecule has 1 N–H and O–H groups in total. The van der Waals surface area contributed by atoms with Crippen LogP contribution in [0.5, 0.6) is 5.75 Å². The van der Waals surface area contributed by atoms with Gasteiger partial charge in [0.2, 0.25) is 0 Å². The zero-order chi connectivity index (χ0) is 18.4. The lowest BCUT2D eigenvalue weighted by Crippen LogP contribution is -2.14. The molecule has 7 nitrogen and oxygen atoms in total. The van der Waals surface area contributed by atoms with Gasteiger partial charge in [0.05, 0.1) is 17.7 Å². The summed E-state index contributed by atoms with van der Waals surface area (Å²) in [7, 11) is 1.47. The van der Waals surface area contributed by atoms with Gasteiger partial charge in [0, 0.05) is 11.6 Å². The second-order valence-electron chi connectivity index (χ2n) is 5.13. The molecule has 0 aliphatic carbocycles. The number of amides is 1. The van der Waals surface area contributed by atoms with E-state index in [-0.39, 0.29) is 11.3 Å². The number of nitrogens with one attached hydrogen (secondary N) is 1. The van der Waals surface area contributed by atoms with Crippen molar-refractivity contribution in [1.29, 1.82) is 5.26 Å². The van der Waals surface area contributed by atoms with Crippen LogP contribution in [0.15, 0.2) is 48.0 Å². The van der Waals surface area contributed by atoms with Crippen molar-refractivity contribution in [1.82, 2.24) is 0 Å². The number of nitriles is 1. The second-order valence-corrected chi connectivity index (χ2v) is 5.13. The number of methoxy groups -OCH3 is 1. The molecule has 0 bridgehead atoms. The number of carbonyl (C=O) groups is 1. The maximum atomic E-state index is 12.3. The number of hydrogen-bond donors (Lipinski definition) is 1. The van der Waals surface area contributed by atoms with Crippen molar-refractivity contribution >= 4 is 23.4 Å². The number of anilines is 1. The number of hydrogen-bond acceptors (Lipinski definition) is 5. The molecule has 2 aromatic rings.